The van der Waals surface area contributed by atoms with E-state index in [1.54, 1.807) is 19.1 Å². The van der Waals surface area contributed by atoms with E-state index in [2.05, 4.69) is 4.72 Å². The predicted molar refractivity (Wildman–Crippen MR) is 63.9 cm³/mol. The van der Waals surface area contributed by atoms with E-state index >= 15 is 0 Å². The van der Waals surface area contributed by atoms with Gasteiger partial charge in [-0.2, -0.15) is 0 Å². The summed E-state index contributed by atoms with van der Waals surface area (Å²) < 4.78 is 25.8. The molecule has 1 atom stereocenters. The highest BCUT2D eigenvalue weighted by Gasteiger charge is 2.18. The van der Waals surface area contributed by atoms with Crippen molar-refractivity contribution in [2.45, 2.75) is 17.9 Å². The van der Waals surface area contributed by atoms with Crippen LogP contribution in [0.25, 0.3) is 0 Å². The molecule has 5 N–H and O–H groups in total. The van der Waals surface area contributed by atoms with E-state index in [1.807, 2.05) is 0 Å². The Hall–Kier alpha value is -1.15. The number of sulfonamides is 1. The summed E-state index contributed by atoms with van der Waals surface area (Å²) in [5.41, 5.74) is 6.62. The fourth-order valence-corrected chi connectivity index (χ4v) is 2.44. The molecule has 1 aromatic carbocycles. The topological polar surface area (TPSA) is 113 Å². The van der Waals surface area contributed by atoms with Crippen LogP contribution in [0, 0.1) is 6.92 Å². The van der Waals surface area contributed by atoms with Gasteiger partial charge >= 0.3 is 0 Å². The zero-order chi connectivity index (χ0) is 13.1. The van der Waals surface area contributed by atoms with Crippen LogP contribution < -0.4 is 10.5 Å². The van der Waals surface area contributed by atoms with Gasteiger partial charge in [0.1, 0.15) is 4.90 Å². The van der Waals surface area contributed by atoms with Crippen LogP contribution in [0.3, 0.4) is 0 Å². The largest absolute Gasteiger partial charge is 0.398 e. The van der Waals surface area contributed by atoms with Crippen LogP contribution >= 0.6 is 0 Å². The van der Waals surface area contributed by atoms with E-state index in [4.69, 9.17) is 15.9 Å². The highest BCUT2D eigenvalue weighted by Crippen LogP contribution is 2.18. The first-order valence-corrected chi connectivity index (χ1v) is 6.50. The second-order valence-electron chi connectivity index (χ2n) is 3.73. The van der Waals surface area contributed by atoms with Gasteiger partial charge in [-0.15, -0.1) is 0 Å². The molecule has 17 heavy (non-hydrogen) atoms. The molecule has 1 rings (SSSR count). The Balaban J connectivity index is 2.90. The number of hydrogen-bond donors (Lipinski definition) is 4. The van der Waals surface area contributed by atoms with Crippen molar-refractivity contribution in [3.05, 3.63) is 23.8 Å². The smallest absolute Gasteiger partial charge is 0.242 e. The zero-order valence-corrected chi connectivity index (χ0v) is 10.2. The van der Waals surface area contributed by atoms with Crippen LogP contribution in [0.15, 0.2) is 23.1 Å². The molecule has 0 aliphatic rings. The van der Waals surface area contributed by atoms with E-state index < -0.39 is 22.7 Å². The van der Waals surface area contributed by atoms with Crippen LogP contribution in [-0.4, -0.2) is 37.9 Å². The molecule has 0 heterocycles. The van der Waals surface area contributed by atoms with Gasteiger partial charge in [0.25, 0.3) is 0 Å². The summed E-state index contributed by atoms with van der Waals surface area (Å²) in [5, 5.41) is 17.7. The molecule has 0 spiro atoms. The van der Waals surface area contributed by atoms with Gasteiger partial charge in [-0.1, -0.05) is 6.07 Å². The van der Waals surface area contributed by atoms with Crippen LogP contribution in [0.1, 0.15) is 5.56 Å². The van der Waals surface area contributed by atoms with E-state index in [9.17, 15) is 8.42 Å². The van der Waals surface area contributed by atoms with Crippen molar-refractivity contribution >= 4 is 15.7 Å². The average molecular weight is 260 g/mol. The van der Waals surface area contributed by atoms with Crippen LogP contribution in [0.5, 0.6) is 0 Å². The summed E-state index contributed by atoms with van der Waals surface area (Å²) in [5.74, 6) is 0. The molecule has 0 saturated heterocycles. The Morgan fingerprint density at radius 2 is 2.12 bits per heavy atom. The Labute approximate surface area is 100 Å². The van der Waals surface area contributed by atoms with Crippen molar-refractivity contribution in [2.24, 2.45) is 0 Å². The molecule has 6 nitrogen and oxygen atoms in total. The molecular formula is C10H16N2O4S. The van der Waals surface area contributed by atoms with Gasteiger partial charge in [-0.3, -0.25) is 0 Å². The Bertz CT molecular complexity index is 487. The maximum absolute atomic E-state index is 11.8. The summed E-state index contributed by atoms with van der Waals surface area (Å²) >= 11 is 0. The molecule has 0 bridgehead atoms. The van der Waals surface area contributed by atoms with E-state index in [1.165, 1.54) is 6.07 Å². The number of hydrogen-bond acceptors (Lipinski definition) is 5. The van der Waals surface area contributed by atoms with E-state index in [0.717, 1.165) is 5.56 Å². The minimum Gasteiger partial charge on any atom is -0.398 e. The summed E-state index contributed by atoms with van der Waals surface area (Å²) in [7, 11) is -3.76. The first-order valence-electron chi connectivity index (χ1n) is 5.01. The lowest BCUT2D eigenvalue weighted by Crippen LogP contribution is -2.34. The highest BCUT2D eigenvalue weighted by molar-refractivity contribution is 7.89. The standard InChI is InChI=1S/C10H16N2O4S/c1-7-2-3-10(9(11)4-7)17(15,16)12-5-8(14)6-13/h2-4,8,12-14H,5-6,11H2,1H3. The lowest BCUT2D eigenvalue weighted by Gasteiger charge is -2.11. The highest BCUT2D eigenvalue weighted by atomic mass is 32.2. The Kier molecular flexibility index (Phi) is 4.47. The summed E-state index contributed by atoms with van der Waals surface area (Å²) in [6.45, 7) is 1.04. The van der Waals surface area contributed by atoms with Crippen molar-refractivity contribution in [1.82, 2.24) is 4.72 Å². The van der Waals surface area contributed by atoms with Crippen molar-refractivity contribution < 1.29 is 18.6 Å². The Morgan fingerprint density at radius 3 is 2.65 bits per heavy atom. The second kappa shape index (κ2) is 5.46. The summed E-state index contributed by atoms with van der Waals surface area (Å²) in [4.78, 5) is -0.0340. The lowest BCUT2D eigenvalue weighted by molar-refractivity contribution is 0.0988. The van der Waals surface area contributed by atoms with Crippen LogP contribution in [0.2, 0.25) is 0 Å². The molecule has 7 heteroatoms. The first kappa shape index (κ1) is 13.9. The quantitative estimate of drug-likeness (QED) is 0.518. The van der Waals surface area contributed by atoms with Gasteiger partial charge in [-0.25, -0.2) is 13.1 Å². The molecule has 0 fully saturated rings. The van der Waals surface area contributed by atoms with Gasteiger partial charge in [-0.05, 0) is 24.6 Å². The first-order chi connectivity index (χ1) is 7.86. The van der Waals surface area contributed by atoms with Gasteiger partial charge in [0.15, 0.2) is 0 Å². The van der Waals surface area contributed by atoms with Crippen LogP contribution in [0.4, 0.5) is 5.69 Å². The number of benzene rings is 1. The number of rotatable bonds is 5. The van der Waals surface area contributed by atoms with Gasteiger partial charge < -0.3 is 15.9 Å². The third kappa shape index (κ3) is 3.67. The van der Waals surface area contributed by atoms with Crippen LogP contribution in [-0.2, 0) is 10.0 Å². The van der Waals surface area contributed by atoms with Gasteiger partial charge in [0.2, 0.25) is 10.0 Å². The number of nitrogens with one attached hydrogen (secondary N) is 1. The van der Waals surface area contributed by atoms with Crippen molar-refractivity contribution in [1.29, 1.82) is 0 Å². The van der Waals surface area contributed by atoms with Gasteiger partial charge in [0, 0.05) is 6.54 Å². The minimum atomic E-state index is -3.76. The number of aliphatic hydroxyl groups is 2. The number of nitrogen functional groups attached to an aromatic ring is 1. The average Bonchev–Trinajstić information content (AvgIpc) is 2.25. The Morgan fingerprint density at radius 1 is 1.47 bits per heavy atom. The minimum absolute atomic E-state index is 0.0340. The summed E-state index contributed by atoms with van der Waals surface area (Å²) in [6.07, 6.45) is -1.13. The second-order valence-corrected chi connectivity index (χ2v) is 5.46. The maximum Gasteiger partial charge on any atom is 0.242 e. The molecule has 0 aromatic heterocycles. The van der Waals surface area contributed by atoms with E-state index in [0.29, 0.717) is 0 Å². The maximum atomic E-state index is 11.8. The molecular weight excluding hydrogens is 244 g/mol. The molecule has 0 radical (unpaired) electrons. The third-order valence-corrected chi connectivity index (χ3v) is 3.67. The third-order valence-electron chi connectivity index (χ3n) is 2.17. The number of anilines is 1. The lowest BCUT2D eigenvalue weighted by atomic mass is 10.2. The fraction of sp³-hybridized carbons (Fsp3) is 0.400. The zero-order valence-electron chi connectivity index (χ0n) is 9.42. The number of aryl methyl sites for hydroxylation is 1. The van der Waals surface area contributed by atoms with Crippen molar-refractivity contribution in [3.8, 4) is 0 Å². The van der Waals surface area contributed by atoms with E-state index in [-0.39, 0.29) is 17.1 Å². The molecule has 96 valence electrons. The van der Waals surface area contributed by atoms with Crippen molar-refractivity contribution in [3.63, 3.8) is 0 Å². The fourth-order valence-electron chi connectivity index (χ4n) is 1.26. The summed E-state index contributed by atoms with van der Waals surface area (Å²) in [6, 6.07) is 4.59. The number of aliphatic hydroxyl groups excluding tert-OH is 2. The molecule has 1 unspecified atom stereocenters. The molecule has 0 saturated carbocycles. The predicted octanol–water partition coefficient (Wildman–Crippen LogP) is -0.791. The van der Waals surface area contributed by atoms with Gasteiger partial charge in [0.05, 0.1) is 18.4 Å². The van der Waals surface area contributed by atoms with Crippen molar-refractivity contribution in [2.75, 3.05) is 18.9 Å². The molecule has 0 aliphatic heterocycles. The molecule has 1 aromatic rings. The monoisotopic (exact) mass is 260 g/mol. The number of nitrogens with two attached hydrogens (primary N) is 1. The normalized spacial score (nSPS) is 13.6. The molecule has 0 amide bonds. The SMILES string of the molecule is Cc1ccc(S(=O)(=O)NCC(O)CO)c(N)c1. The molecule has 0 aliphatic carbocycles.